The summed E-state index contributed by atoms with van der Waals surface area (Å²) in [7, 11) is 4.41. The minimum Gasteiger partial charge on any atom is -0.493 e. The first-order valence-electron chi connectivity index (χ1n) is 8.09. The molecule has 0 radical (unpaired) electrons. The molecule has 150 valence electrons. The molecule has 0 heterocycles. The second-order valence-corrected chi connectivity index (χ2v) is 5.60. The van der Waals surface area contributed by atoms with Crippen LogP contribution in [0.15, 0.2) is 42.5 Å². The zero-order chi connectivity index (χ0) is 20.7. The van der Waals surface area contributed by atoms with E-state index in [0.29, 0.717) is 22.8 Å². The van der Waals surface area contributed by atoms with E-state index in [4.69, 9.17) is 18.9 Å². The highest BCUT2D eigenvalue weighted by Gasteiger charge is 2.30. The van der Waals surface area contributed by atoms with Crippen LogP contribution in [0.2, 0.25) is 0 Å². The summed E-state index contributed by atoms with van der Waals surface area (Å²) < 4.78 is 58.8. The smallest absolute Gasteiger partial charge is 0.416 e. The summed E-state index contributed by atoms with van der Waals surface area (Å²) in [4.78, 5) is 11.9. The standard InChI is InChI=1S/C20H19F3O5/c1-25-16-10-13(11-17(26-2)19(16)27-3)7-8-18(24)28-12-14-5-4-6-15(9-14)20(21,22)23/h4-11H,12H2,1-3H3/b8-7+. The van der Waals surface area contributed by atoms with Crippen molar-refractivity contribution < 1.29 is 36.9 Å². The maximum Gasteiger partial charge on any atom is 0.416 e. The molecule has 0 unspecified atom stereocenters. The van der Waals surface area contributed by atoms with E-state index >= 15 is 0 Å². The van der Waals surface area contributed by atoms with Crippen LogP contribution >= 0.6 is 0 Å². The van der Waals surface area contributed by atoms with Gasteiger partial charge >= 0.3 is 12.1 Å². The Balaban J connectivity index is 2.06. The van der Waals surface area contributed by atoms with Crippen molar-refractivity contribution in [1.29, 1.82) is 0 Å². The summed E-state index contributed by atoms with van der Waals surface area (Å²) in [5.41, 5.74) is 0.0314. The van der Waals surface area contributed by atoms with Gasteiger partial charge < -0.3 is 18.9 Å². The second-order valence-electron chi connectivity index (χ2n) is 5.60. The van der Waals surface area contributed by atoms with Gasteiger partial charge in [0.2, 0.25) is 5.75 Å². The van der Waals surface area contributed by atoms with Crippen LogP contribution in [0.3, 0.4) is 0 Å². The molecule has 0 aliphatic heterocycles. The SMILES string of the molecule is COc1cc(/C=C/C(=O)OCc2cccc(C(F)(F)F)c2)cc(OC)c1OC. The molecule has 0 aliphatic rings. The van der Waals surface area contributed by atoms with Crippen LogP contribution in [-0.2, 0) is 22.3 Å². The predicted octanol–water partition coefficient (Wildman–Crippen LogP) is 4.49. The van der Waals surface area contributed by atoms with Crippen molar-refractivity contribution in [2.24, 2.45) is 0 Å². The number of alkyl halides is 3. The minimum atomic E-state index is -4.45. The van der Waals surface area contributed by atoms with Gasteiger partial charge in [-0.15, -0.1) is 0 Å². The van der Waals surface area contributed by atoms with Crippen molar-refractivity contribution in [3.8, 4) is 17.2 Å². The number of methoxy groups -OCH3 is 3. The number of ether oxygens (including phenoxy) is 4. The number of benzene rings is 2. The van der Waals surface area contributed by atoms with E-state index in [1.807, 2.05) is 0 Å². The molecular weight excluding hydrogens is 377 g/mol. The lowest BCUT2D eigenvalue weighted by atomic mass is 10.1. The average molecular weight is 396 g/mol. The van der Waals surface area contributed by atoms with Gasteiger partial charge in [-0.3, -0.25) is 0 Å². The molecule has 0 aromatic heterocycles. The van der Waals surface area contributed by atoms with Crippen molar-refractivity contribution in [3.05, 3.63) is 59.2 Å². The lowest BCUT2D eigenvalue weighted by Crippen LogP contribution is -2.06. The van der Waals surface area contributed by atoms with Gasteiger partial charge in [0.25, 0.3) is 0 Å². The van der Waals surface area contributed by atoms with E-state index in [1.165, 1.54) is 39.5 Å². The Kier molecular flexibility index (Phi) is 6.92. The molecule has 8 heteroatoms. The van der Waals surface area contributed by atoms with Gasteiger partial charge in [0.1, 0.15) is 6.61 Å². The van der Waals surface area contributed by atoms with Crippen LogP contribution < -0.4 is 14.2 Å². The summed E-state index contributed by atoms with van der Waals surface area (Å²) in [5.74, 6) is 0.540. The van der Waals surface area contributed by atoms with Crippen molar-refractivity contribution >= 4 is 12.0 Å². The normalized spacial score (nSPS) is 11.4. The van der Waals surface area contributed by atoms with E-state index in [1.54, 1.807) is 12.1 Å². The van der Waals surface area contributed by atoms with Crippen LogP contribution in [0.1, 0.15) is 16.7 Å². The van der Waals surface area contributed by atoms with Gasteiger partial charge in [-0.25, -0.2) is 4.79 Å². The van der Waals surface area contributed by atoms with E-state index < -0.39 is 17.7 Å². The van der Waals surface area contributed by atoms with E-state index in [2.05, 4.69) is 0 Å². The van der Waals surface area contributed by atoms with E-state index in [0.717, 1.165) is 18.2 Å². The molecule has 0 atom stereocenters. The molecule has 5 nitrogen and oxygen atoms in total. The molecule has 2 aromatic carbocycles. The topological polar surface area (TPSA) is 54.0 Å². The maximum absolute atomic E-state index is 12.7. The highest BCUT2D eigenvalue weighted by atomic mass is 19.4. The number of carbonyl (C=O) groups excluding carboxylic acids is 1. The van der Waals surface area contributed by atoms with Crippen LogP contribution in [0, 0.1) is 0 Å². The van der Waals surface area contributed by atoms with Gasteiger partial charge in [0.15, 0.2) is 11.5 Å². The Labute approximate surface area is 160 Å². The fraction of sp³-hybridized carbons (Fsp3) is 0.250. The Morgan fingerprint density at radius 1 is 1.00 bits per heavy atom. The minimum absolute atomic E-state index is 0.240. The summed E-state index contributed by atoms with van der Waals surface area (Å²) >= 11 is 0. The third-order valence-electron chi connectivity index (χ3n) is 3.73. The molecule has 0 fully saturated rings. The third kappa shape index (κ3) is 5.42. The molecule has 0 saturated carbocycles. The fourth-order valence-electron chi connectivity index (χ4n) is 2.40. The first-order valence-corrected chi connectivity index (χ1v) is 8.09. The Morgan fingerprint density at radius 3 is 2.18 bits per heavy atom. The Hall–Kier alpha value is -3.16. The summed E-state index contributed by atoms with van der Waals surface area (Å²) in [6.45, 7) is -0.275. The number of esters is 1. The molecule has 0 aliphatic carbocycles. The van der Waals surface area contributed by atoms with Gasteiger partial charge in [0.05, 0.1) is 26.9 Å². The quantitative estimate of drug-likeness (QED) is 0.510. The van der Waals surface area contributed by atoms with Crippen LogP contribution in [-0.4, -0.2) is 27.3 Å². The summed E-state index contributed by atoms with van der Waals surface area (Å²) in [5, 5.41) is 0. The summed E-state index contributed by atoms with van der Waals surface area (Å²) in [6.07, 6.45) is -1.82. The van der Waals surface area contributed by atoms with Crippen LogP contribution in [0.4, 0.5) is 13.2 Å². The number of carbonyl (C=O) groups is 1. The lowest BCUT2D eigenvalue weighted by Gasteiger charge is -2.12. The third-order valence-corrected chi connectivity index (χ3v) is 3.73. The number of hydrogen-bond donors (Lipinski definition) is 0. The summed E-state index contributed by atoms with van der Waals surface area (Å²) in [6, 6.07) is 7.88. The molecule has 0 amide bonds. The van der Waals surface area contributed by atoms with Gasteiger partial charge in [0, 0.05) is 6.08 Å². The van der Waals surface area contributed by atoms with Gasteiger partial charge in [-0.1, -0.05) is 12.1 Å². The van der Waals surface area contributed by atoms with Crippen molar-refractivity contribution in [3.63, 3.8) is 0 Å². The highest BCUT2D eigenvalue weighted by Crippen LogP contribution is 2.38. The largest absolute Gasteiger partial charge is 0.493 e. The van der Waals surface area contributed by atoms with Crippen LogP contribution in [0.25, 0.3) is 6.08 Å². The Morgan fingerprint density at radius 2 is 1.64 bits per heavy atom. The monoisotopic (exact) mass is 396 g/mol. The fourth-order valence-corrected chi connectivity index (χ4v) is 2.40. The van der Waals surface area contributed by atoms with Gasteiger partial charge in [-0.2, -0.15) is 13.2 Å². The zero-order valence-electron chi connectivity index (χ0n) is 15.5. The number of rotatable bonds is 7. The average Bonchev–Trinajstić information content (AvgIpc) is 2.69. The molecule has 2 aromatic rings. The Bertz CT molecular complexity index is 834. The van der Waals surface area contributed by atoms with E-state index in [-0.39, 0.29) is 12.2 Å². The lowest BCUT2D eigenvalue weighted by molar-refractivity contribution is -0.138. The number of halogens is 3. The van der Waals surface area contributed by atoms with Crippen molar-refractivity contribution in [2.45, 2.75) is 12.8 Å². The zero-order valence-corrected chi connectivity index (χ0v) is 15.5. The second kappa shape index (κ2) is 9.16. The first kappa shape index (κ1) is 21.1. The van der Waals surface area contributed by atoms with E-state index in [9.17, 15) is 18.0 Å². The molecule has 0 N–H and O–H groups in total. The number of hydrogen-bond acceptors (Lipinski definition) is 5. The predicted molar refractivity (Wildman–Crippen MR) is 96.4 cm³/mol. The molecule has 28 heavy (non-hydrogen) atoms. The molecular formula is C20H19F3O5. The molecule has 2 rings (SSSR count). The first-order chi connectivity index (χ1) is 13.3. The van der Waals surface area contributed by atoms with Crippen molar-refractivity contribution in [2.75, 3.05) is 21.3 Å². The molecule has 0 bridgehead atoms. The molecule has 0 spiro atoms. The molecule has 0 saturated heterocycles. The maximum atomic E-state index is 12.7. The van der Waals surface area contributed by atoms with Crippen LogP contribution in [0.5, 0.6) is 17.2 Å². The highest BCUT2D eigenvalue weighted by molar-refractivity contribution is 5.87. The van der Waals surface area contributed by atoms with Gasteiger partial charge in [-0.05, 0) is 41.5 Å². The van der Waals surface area contributed by atoms with Crippen molar-refractivity contribution in [1.82, 2.24) is 0 Å².